The van der Waals surface area contributed by atoms with E-state index in [4.69, 9.17) is 0 Å². The molecule has 0 radical (unpaired) electrons. The van der Waals surface area contributed by atoms with E-state index in [1.54, 1.807) is 25.7 Å². The van der Waals surface area contributed by atoms with E-state index in [0.29, 0.717) is 0 Å². The Kier molecular flexibility index (Phi) is 3.98. The van der Waals surface area contributed by atoms with E-state index >= 15 is 0 Å². The Labute approximate surface area is 113 Å². The molecule has 0 aromatic carbocycles. The molecule has 1 nitrogen and oxygen atoms in total. The van der Waals surface area contributed by atoms with E-state index in [2.05, 4.69) is 19.2 Å². The van der Waals surface area contributed by atoms with Gasteiger partial charge in [0.25, 0.3) is 0 Å². The average molecular weight is 249 g/mol. The molecule has 6 unspecified atom stereocenters. The molecule has 0 saturated heterocycles. The average Bonchev–Trinajstić information content (AvgIpc) is 2.98. The maximum absolute atomic E-state index is 3.90. The van der Waals surface area contributed by atoms with Gasteiger partial charge >= 0.3 is 0 Å². The largest absolute Gasteiger partial charge is 0.314 e. The van der Waals surface area contributed by atoms with Crippen LogP contribution in [-0.4, -0.2) is 12.6 Å². The van der Waals surface area contributed by atoms with Gasteiger partial charge in [-0.05, 0) is 68.2 Å². The van der Waals surface area contributed by atoms with Gasteiger partial charge in [-0.3, -0.25) is 0 Å². The quantitative estimate of drug-likeness (QED) is 0.786. The van der Waals surface area contributed by atoms with Crippen LogP contribution in [0.1, 0.15) is 65.2 Å². The van der Waals surface area contributed by atoms with Gasteiger partial charge in [0.2, 0.25) is 0 Å². The van der Waals surface area contributed by atoms with Crippen LogP contribution >= 0.6 is 0 Å². The molecule has 3 aliphatic carbocycles. The second-order valence-electron chi connectivity index (χ2n) is 7.45. The molecule has 0 aliphatic heterocycles. The highest BCUT2D eigenvalue weighted by atomic mass is 14.9. The summed E-state index contributed by atoms with van der Waals surface area (Å²) in [6, 6.07) is 0.855. The van der Waals surface area contributed by atoms with Crippen LogP contribution < -0.4 is 5.32 Å². The predicted molar refractivity (Wildman–Crippen MR) is 77.5 cm³/mol. The van der Waals surface area contributed by atoms with Gasteiger partial charge in [0.05, 0.1) is 0 Å². The molecule has 1 heteroatoms. The predicted octanol–water partition coefficient (Wildman–Crippen LogP) is 4.23. The van der Waals surface area contributed by atoms with Gasteiger partial charge in [0.15, 0.2) is 0 Å². The van der Waals surface area contributed by atoms with Crippen molar-refractivity contribution >= 4 is 0 Å². The third-order valence-electron chi connectivity index (χ3n) is 6.18. The summed E-state index contributed by atoms with van der Waals surface area (Å²) in [6.45, 7) is 5.94. The zero-order valence-corrected chi connectivity index (χ0v) is 12.3. The third-order valence-corrected chi connectivity index (χ3v) is 6.18. The highest BCUT2D eigenvalue weighted by Gasteiger charge is 2.45. The first-order chi connectivity index (χ1) is 8.78. The molecule has 0 heterocycles. The summed E-state index contributed by atoms with van der Waals surface area (Å²) >= 11 is 0. The van der Waals surface area contributed by atoms with Gasteiger partial charge in [-0.1, -0.05) is 33.1 Å². The van der Waals surface area contributed by atoms with E-state index < -0.39 is 0 Å². The number of fused-ring (bicyclic) bond motifs is 2. The Hall–Kier alpha value is -0.0400. The lowest BCUT2D eigenvalue weighted by atomic mass is 9.71. The van der Waals surface area contributed by atoms with Crippen LogP contribution in [0.3, 0.4) is 0 Å². The van der Waals surface area contributed by atoms with Crippen LogP contribution in [0, 0.1) is 29.6 Å². The van der Waals surface area contributed by atoms with E-state index in [1.807, 2.05) is 0 Å². The van der Waals surface area contributed by atoms with Gasteiger partial charge in [-0.15, -0.1) is 0 Å². The fourth-order valence-electron chi connectivity index (χ4n) is 5.44. The van der Waals surface area contributed by atoms with E-state index in [1.165, 1.54) is 32.2 Å². The molecule has 104 valence electrons. The van der Waals surface area contributed by atoms with Crippen molar-refractivity contribution in [3.8, 4) is 0 Å². The summed E-state index contributed by atoms with van der Waals surface area (Å²) in [5, 5.41) is 3.90. The van der Waals surface area contributed by atoms with Crippen molar-refractivity contribution in [1.82, 2.24) is 5.32 Å². The van der Waals surface area contributed by atoms with Crippen LogP contribution in [0.25, 0.3) is 0 Å². The molecule has 0 amide bonds. The van der Waals surface area contributed by atoms with Crippen molar-refractivity contribution in [2.24, 2.45) is 29.6 Å². The maximum atomic E-state index is 3.90. The monoisotopic (exact) mass is 249 g/mol. The molecule has 6 atom stereocenters. The molecule has 0 aromatic heterocycles. The van der Waals surface area contributed by atoms with Crippen LogP contribution in [0.4, 0.5) is 0 Å². The van der Waals surface area contributed by atoms with Crippen molar-refractivity contribution in [1.29, 1.82) is 0 Å². The topological polar surface area (TPSA) is 12.0 Å². The molecule has 2 bridgehead atoms. The third kappa shape index (κ3) is 2.48. The Morgan fingerprint density at radius 1 is 1.06 bits per heavy atom. The summed E-state index contributed by atoms with van der Waals surface area (Å²) in [5.41, 5.74) is 0. The first-order valence-corrected chi connectivity index (χ1v) is 8.51. The SMILES string of the molecule is CCNC(C1CCCC(C)C1)C1CC2CCC1C2. The smallest absolute Gasteiger partial charge is 0.0126 e. The van der Waals surface area contributed by atoms with Crippen LogP contribution in [0.5, 0.6) is 0 Å². The van der Waals surface area contributed by atoms with Crippen molar-refractivity contribution in [3.63, 3.8) is 0 Å². The molecule has 3 fully saturated rings. The standard InChI is InChI=1S/C17H31N/c1-3-18-17(15-6-4-5-12(2)9-15)16-11-13-7-8-14(16)10-13/h12-18H,3-11H2,1-2H3. The molecule has 3 aliphatic rings. The first-order valence-electron chi connectivity index (χ1n) is 8.51. The van der Waals surface area contributed by atoms with E-state index in [-0.39, 0.29) is 0 Å². The molecule has 18 heavy (non-hydrogen) atoms. The fourth-order valence-corrected chi connectivity index (χ4v) is 5.44. The number of nitrogens with one attached hydrogen (secondary N) is 1. The zero-order chi connectivity index (χ0) is 12.5. The number of hydrogen-bond donors (Lipinski definition) is 1. The van der Waals surface area contributed by atoms with Crippen molar-refractivity contribution in [2.75, 3.05) is 6.54 Å². The molecule has 3 rings (SSSR count). The Morgan fingerprint density at radius 2 is 1.94 bits per heavy atom. The second kappa shape index (κ2) is 5.53. The molecule has 0 aromatic rings. The first kappa shape index (κ1) is 13.0. The molecule has 1 N–H and O–H groups in total. The lowest BCUT2D eigenvalue weighted by Crippen LogP contribution is -2.45. The van der Waals surface area contributed by atoms with Crippen molar-refractivity contribution in [3.05, 3.63) is 0 Å². The highest BCUT2D eigenvalue weighted by molar-refractivity contribution is 4.98. The number of hydrogen-bond acceptors (Lipinski definition) is 1. The van der Waals surface area contributed by atoms with Crippen LogP contribution in [-0.2, 0) is 0 Å². The summed E-state index contributed by atoms with van der Waals surface area (Å²) < 4.78 is 0. The van der Waals surface area contributed by atoms with E-state index in [9.17, 15) is 0 Å². The summed E-state index contributed by atoms with van der Waals surface area (Å²) in [4.78, 5) is 0. The second-order valence-corrected chi connectivity index (χ2v) is 7.45. The van der Waals surface area contributed by atoms with Gasteiger partial charge in [-0.25, -0.2) is 0 Å². The summed E-state index contributed by atoms with van der Waals surface area (Å²) in [7, 11) is 0. The van der Waals surface area contributed by atoms with Crippen LogP contribution in [0.15, 0.2) is 0 Å². The summed E-state index contributed by atoms with van der Waals surface area (Å²) in [5.74, 6) is 5.17. The maximum Gasteiger partial charge on any atom is 0.0126 e. The Bertz CT molecular complexity index is 275. The Morgan fingerprint density at radius 3 is 2.56 bits per heavy atom. The van der Waals surface area contributed by atoms with Crippen molar-refractivity contribution in [2.45, 2.75) is 71.3 Å². The normalized spacial score (nSPS) is 45.3. The lowest BCUT2D eigenvalue weighted by molar-refractivity contribution is 0.143. The Balaban J connectivity index is 1.67. The van der Waals surface area contributed by atoms with Crippen LogP contribution in [0.2, 0.25) is 0 Å². The van der Waals surface area contributed by atoms with Gasteiger partial charge in [0, 0.05) is 6.04 Å². The fraction of sp³-hybridized carbons (Fsp3) is 1.00. The lowest BCUT2D eigenvalue weighted by Gasteiger charge is -2.40. The van der Waals surface area contributed by atoms with Crippen molar-refractivity contribution < 1.29 is 0 Å². The minimum absolute atomic E-state index is 0.855. The molecule has 0 spiro atoms. The highest BCUT2D eigenvalue weighted by Crippen LogP contribution is 2.51. The van der Waals surface area contributed by atoms with Gasteiger partial charge in [0.1, 0.15) is 0 Å². The van der Waals surface area contributed by atoms with Gasteiger partial charge < -0.3 is 5.32 Å². The van der Waals surface area contributed by atoms with Gasteiger partial charge in [-0.2, -0.15) is 0 Å². The molecular weight excluding hydrogens is 218 g/mol. The minimum atomic E-state index is 0.855. The molecule has 3 saturated carbocycles. The number of rotatable bonds is 4. The summed E-state index contributed by atoms with van der Waals surface area (Å²) in [6.07, 6.45) is 12.1. The zero-order valence-electron chi connectivity index (χ0n) is 12.3. The van der Waals surface area contributed by atoms with E-state index in [0.717, 1.165) is 35.6 Å². The molecular formula is C17H31N. The minimum Gasteiger partial charge on any atom is -0.314 e.